The number of carbonyl (C=O) groups is 1. The van der Waals surface area contributed by atoms with Crippen molar-refractivity contribution in [2.75, 3.05) is 12.4 Å². The van der Waals surface area contributed by atoms with E-state index in [9.17, 15) is 9.90 Å². The van der Waals surface area contributed by atoms with Crippen LogP contribution < -0.4 is 0 Å². The average molecular weight is 272 g/mol. The molecule has 1 N–H and O–H groups in total. The summed E-state index contributed by atoms with van der Waals surface area (Å²) in [5.74, 6) is 2.08. The molecule has 18 heavy (non-hydrogen) atoms. The molecule has 2 rings (SSSR count). The second kappa shape index (κ2) is 5.41. The molecule has 1 saturated heterocycles. The Hall–Kier alpha value is -0.220. The number of hydrogen-bond donors (Lipinski definition) is 1. The Balaban J connectivity index is 2.17. The van der Waals surface area contributed by atoms with Crippen molar-refractivity contribution in [3.05, 3.63) is 0 Å². The van der Waals surface area contributed by atoms with Gasteiger partial charge in [0.1, 0.15) is 0 Å². The first-order valence-corrected chi connectivity index (χ1v) is 7.95. The largest absolute Gasteiger partial charge is 0.478 e. The van der Waals surface area contributed by atoms with E-state index in [1.807, 2.05) is 0 Å². The van der Waals surface area contributed by atoms with Crippen molar-refractivity contribution < 1.29 is 14.6 Å². The van der Waals surface area contributed by atoms with Gasteiger partial charge in [0.2, 0.25) is 4.93 Å². The third kappa shape index (κ3) is 2.55. The number of ether oxygens (including phenoxy) is 1. The van der Waals surface area contributed by atoms with Crippen molar-refractivity contribution in [1.82, 2.24) is 0 Å². The van der Waals surface area contributed by atoms with Crippen molar-refractivity contribution >= 4 is 17.7 Å². The fourth-order valence-corrected chi connectivity index (χ4v) is 4.66. The highest BCUT2D eigenvalue weighted by atomic mass is 32.2. The Bertz CT molecular complexity index is 310. The predicted molar refractivity (Wildman–Crippen MR) is 73.6 cm³/mol. The maximum Gasteiger partial charge on any atom is 0.346 e. The van der Waals surface area contributed by atoms with Gasteiger partial charge in [-0.1, -0.05) is 20.8 Å². The van der Waals surface area contributed by atoms with E-state index in [1.165, 1.54) is 18.2 Å². The standard InChI is InChI=1S/C14H24O3S/c1-9(2)11-6-10(3)7-12(8-11)14(13(15)16)17-4-5-18-14/h9-12H,4-8H2,1-3H3,(H,15,16)/t10-,11-,12?,14+/m0/s1. The van der Waals surface area contributed by atoms with Crippen LogP contribution in [0.25, 0.3) is 0 Å². The monoisotopic (exact) mass is 272 g/mol. The molecule has 1 unspecified atom stereocenters. The van der Waals surface area contributed by atoms with Gasteiger partial charge in [0.05, 0.1) is 6.61 Å². The van der Waals surface area contributed by atoms with Crippen LogP contribution in [0, 0.1) is 23.7 Å². The summed E-state index contributed by atoms with van der Waals surface area (Å²) in [5.41, 5.74) is 0. The maximum absolute atomic E-state index is 11.7. The highest BCUT2D eigenvalue weighted by molar-refractivity contribution is 8.01. The lowest BCUT2D eigenvalue weighted by Crippen LogP contribution is -2.46. The van der Waals surface area contributed by atoms with E-state index in [4.69, 9.17) is 4.74 Å². The van der Waals surface area contributed by atoms with Gasteiger partial charge in [0.25, 0.3) is 0 Å². The van der Waals surface area contributed by atoms with Gasteiger partial charge in [-0.05, 0) is 37.0 Å². The molecule has 4 heteroatoms. The Kier molecular flexibility index (Phi) is 4.27. The smallest absolute Gasteiger partial charge is 0.346 e. The van der Waals surface area contributed by atoms with E-state index >= 15 is 0 Å². The summed E-state index contributed by atoms with van der Waals surface area (Å²) in [6.07, 6.45) is 3.22. The molecule has 0 bridgehead atoms. The molecule has 104 valence electrons. The molecule has 0 aromatic carbocycles. The van der Waals surface area contributed by atoms with Gasteiger partial charge in [-0.25, -0.2) is 4.79 Å². The van der Waals surface area contributed by atoms with Gasteiger partial charge in [-0.3, -0.25) is 0 Å². The van der Waals surface area contributed by atoms with Crippen LogP contribution in [-0.2, 0) is 9.53 Å². The Labute approximate surface area is 114 Å². The van der Waals surface area contributed by atoms with Crippen LogP contribution in [0.4, 0.5) is 0 Å². The van der Waals surface area contributed by atoms with E-state index in [2.05, 4.69) is 20.8 Å². The van der Waals surface area contributed by atoms with Crippen molar-refractivity contribution in [3.63, 3.8) is 0 Å². The fourth-order valence-electron chi connectivity index (χ4n) is 3.47. The zero-order valence-corrected chi connectivity index (χ0v) is 12.3. The minimum Gasteiger partial charge on any atom is -0.478 e. The first-order valence-electron chi connectivity index (χ1n) is 6.97. The van der Waals surface area contributed by atoms with E-state index in [1.54, 1.807) is 0 Å². The molecule has 1 saturated carbocycles. The van der Waals surface area contributed by atoms with Crippen LogP contribution in [0.2, 0.25) is 0 Å². The molecule has 0 radical (unpaired) electrons. The predicted octanol–water partition coefficient (Wildman–Crippen LogP) is 3.24. The molecule has 2 aliphatic rings. The van der Waals surface area contributed by atoms with Crippen LogP contribution in [0.5, 0.6) is 0 Å². The summed E-state index contributed by atoms with van der Waals surface area (Å²) in [7, 11) is 0. The normalized spacial score (nSPS) is 41.2. The molecular weight excluding hydrogens is 248 g/mol. The van der Waals surface area contributed by atoms with Crippen LogP contribution in [0.15, 0.2) is 0 Å². The number of carboxylic acid groups (broad SMARTS) is 1. The maximum atomic E-state index is 11.7. The molecule has 0 amide bonds. The minimum absolute atomic E-state index is 0.165. The molecular formula is C14H24O3S. The Morgan fingerprint density at radius 1 is 1.39 bits per heavy atom. The third-order valence-corrected chi connectivity index (χ3v) is 5.90. The van der Waals surface area contributed by atoms with Crippen LogP contribution >= 0.6 is 11.8 Å². The van der Waals surface area contributed by atoms with Crippen molar-refractivity contribution in [3.8, 4) is 0 Å². The van der Waals surface area contributed by atoms with E-state index < -0.39 is 10.9 Å². The summed E-state index contributed by atoms with van der Waals surface area (Å²) >= 11 is 1.50. The molecule has 0 aromatic rings. The minimum atomic E-state index is -0.957. The molecule has 0 aromatic heterocycles. The molecule has 3 nitrogen and oxygen atoms in total. The second-order valence-electron chi connectivity index (χ2n) is 6.18. The van der Waals surface area contributed by atoms with Crippen LogP contribution in [-0.4, -0.2) is 28.4 Å². The molecule has 1 aliphatic carbocycles. The van der Waals surface area contributed by atoms with Crippen LogP contribution in [0.1, 0.15) is 40.0 Å². The first-order chi connectivity index (χ1) is 8.45. The highest BCUT2D eigenvalue weighted by Crippen LogP contribution is 2.49. The summed E-state index contributed by atoms with van der Waals surface area (Å²) in [6, 6.07) is 0. The lowest BCUT2D eigenvalue weighted by molar-refractivity contribution is -0.159. The number of aliphatic carboxylic acids is 1. The van der Waals surface area contributed by atoms with Crippen molar-refractivity contribution in [2.24, 2.45) is 23.7 Å². The quantitative estimate of drug-likeness (QED) is 0.856. The summed E-state index contributed by atoms with van der Waals surface area (Å²) < 4.78 is 5.68. The van der Waals surface area contributed by atoms with E-state index in [0.717, 1.165) is 18.6 Å². The molecule has 1 heterocycles. The lowest BCUT2D eigenvalue weighted by atomic mass is 9.70. The van der Waals surface area contributed by atoms with Gasteiger partial charge in [0, 0.05) is 11.7 Å². The van der Waals surface area contributed by atoms with Gasteiger partial charge in [-0.15, -0.1) is 11.8 Å². The summed E-state index contributed by atoms with van der Waals surface area (Å²) in [6.45, 7) is 7.32. The molecule has 2 fully saturated rings. The Morgan fingerprint density at radius 2 is 2.11 bits per heavy atom. The van der Waals surface area contributed by atoms with Crippen molar-refractivity contribution in [2.45, 2.75) is 45.0 Å². The van der Waals surface area contributed by atoms with Crippen molar-refractivity contribution in [1.29, 1.82) is 0 Å². The van der Waals surface area contributed by atoms with E-state index in [0.29, 0.717) is 24.4 Å². The van der Waals surface area contributed by atoms with Crippen LogP contribution in [0.3, 0.4) is 0 Å². The number of carboxylic acids is 1. The number of thioether (sulfide) groups is 1. The summed E-state index contributed by atoms with van der Waals surface area (Å²) in [4.78, 5) is 10.7. The zero-order valence-electron chi connectivity index (χ0n) is 11.5. The topological polar surface area (TPSA) is 46.5 Å². The molecule has 1 aliphatic heterocycles. The second-order valence-corrected chi connectivity index (χ2v) is 7.49. The highest BCUT2D eigenvalue weighted by Gasteiger charge is 2.52. The van der Waals surface area contributed by atoms with Gasteiger partial charge >= 0.3 is 5.97 Å². The fraction of sp³-hybridized carbons (Fsp3) is 0.929. The average Bonchev–Trinajstić information content (AvgIpc) is 2.78. The lowest BCUT2D eigenvalue weighted by Gasteiger charge is -2.41. The first kappa shape index (κ1) is 14.2. The van der Waals surface area contributed by atoms with Gasteiger partial charge in [0.15, 0.2) is 0 Å². The number of rotatable bonds is 3. The summed E-state index contributed by atoms with van der Waals surface area (Å²) in [5, 5.41) is 9.58. The number of hydrogen-bond acceptors (Lipinski definition) is 3. The SMILES string of the molecule is CC(C)[C@@H]1CC([C@@]2(C(=O)O)OCCS2)C[C@@H](C)C1. The molecule has 4 atom stereocenters. The molecule has 0 spiro atoms. The van der Waals surface area contributed by atoms with Gasteiger partial charge in [-0.2, -0.15) is 0 Å². The Morgan fingerprint density at radius 3 is 2.61 bits per heavy atom. The zero-order chi connectivity index (χ0) is 13.3. The van der Waals surface area contributed by atoms with E-state index in [-0.39, 0.29) is 5.92 Å². The third-order valence-electron chi connectivity index (χ3n) is 4.47. The van der Waals surface area contributed by atoms with Gasteiger partial charge < -0.3 is 9.84 Å².